The molecule has 38 heavy (non-hydrogen) atoms. The van der Waals surface area contributed by atoms with E-state index < -0.39 is 11.6 Å². The molecular formula is C28H33F2N5O3. The molecule has 0 aliphatic heterocycles. The highest BCUT2D eigenvalue weighted by molar-refractivity contribution is 5.76. The summed E-state index contributed by atoms with van der Waals surface area (Å²) in [4.78, 5) is 0. The van der Waals surface area contributed by atoms with Crippen LogP contribution in [0.1, 0.15) is 41.8 Å². The Bertz CT molecular complexity index is 1470. The van der Waals surface area contributed by atoms with Crippen LogP contribution < -0.4 is 14.8 Å². The van der Waals surface area contributed by atoms with Crippen molar-refractivity contribution in [1.29, 1.82) is 0 Å². The highest BCUT2D eigenvalue weighted by atomic mass is 19.2. The number of aromatic nitrogens is 4. The molecule has 1 aliphatic rings. The van der Waals surface area contributed by atoms with Gasteiger partial charge in [0.05, 0.1) is 31.1 Å². The van der Waals surface area contributed by atoms with Gasteiger partial charge in [-0.25, -0.2) is 8.91 Å². The SMILES string of the molecule is CNCc1cnn2c(OC)cc(-c3ccc(F)c(F)c3OCCc3c(C4(OC)CCC4)nn(C)c3C)cc12. The minimum absolute atomic E-state index is 0.140. The quantitative estimate of drug-likeness (QED) is 0.324. The summed E-state index contributed by atoms with van der Waals surface area (Å²) in [5.41, 5.74) is 5.34. The Labute approximate surface area is 220 Å². The topological polar surface area (TPSA) is 74.8 Å². The third-order valence-electron chi connectivity index (χ3n) is 7.64. The van der Waals surface area contributed by atoms with Crippen LogP contribution in [0.25, 0.3) is 16.6 Å². The Morgan fingerprint density at radius 1 is 1.16 bits per heavy atom. The smallest absolute Gasteiger partial charge is 0.215 e. The van der Waals surface area contributed by atoms with E-state index in [2.05, 4.69) is 10.4 Å². The average molecular weight is 526 g/mol. The summed E-state index contributed by atoms with van der Waals surface area (Å²) in [5, 5.41) is 12.3. The number of hydrogen-bond acceptors (Lipinski definition) is 6. The molecule has 10 heteroatoms. The zero-order chi connectivity index (χ0) is 27.0. The largest absolute Gasteiger partial charge is 0.489 e. The first-order valence-corrected chi connectivity index (χ1v) is 12.7. The second kappa shape index (κ2) is 10.3. The molecule has 4 aromatic rings. The van der Waals surface area contributed by atoms with Crippen LogP contribution in [-0.4, -0.2) is 47.3 Å². The van der Waals surface area contributed by atoms with Crippen molar-refractivity contribution in [3.63, 3.8) is 0 Å². The van der Waals surface area contributed by atoms with Crippen molar-refractivity contribution >= 4 is 5.52 Å². The summed E-state index contributed by atoms with van der Waals surface area (Å²) >= 11 is 0. The molecule has 1 saturated carbocycles. The maximum absolute atomic E-state index is 15.2. The molecule has 5 rings (SSSR count). The fourth-order valence-corrected chi connectivity index (χ4v) is 5.24. The molecule has 0 atom stereocenters. The number of pyridine rings is 1. The van der Waals surface area contributed by atoms with Gasteiger partial charge >= 0.3 is 0 Å². The van der Waals surface area contributed by atoms with E-state index in [-0.39, 0.29) is 18.0 Å². The minimum atomic E-state index is -1.03. The number of ether oxygens (including phenoxy) is 3. The van der Waals surface area contributed by atoms with E-state index >= 15 is 4.39 Å². The number of hydrogen-bond donors (Lipinski definition) is 1. The van der Waals surface area contributed by atoms with E-state index in [4.69, 9.17) is 19.3 Å². The summed E-state index contributed by atoms with van der Waals surface area (Å²) < 4.78 is 50.5. The zero-order valence-electron chi connectivity index (χ0n) is 22.4. The second-order valence-corrected chi connectivity index (χ2v) is 9.71. The van der Waals surface area contributed by atoms with Crippen LogP contribution in [0.3, 0.4) is 0 Å². The lowest BCUT2D eigenvalue weighted by Crippen LogP contribution is -2.37. The van der Waals surface area contributed by atoms with Crippen molar-refractivity contribution < 1.29 is 23.0 Å². The molecule has 0 radical (unpaired) electrons. The van der Waals surface area contributed by atoms with Crippen LogP contribution >= 0.6 is 0 Å². The second-order valence-electron chi connectivity index (χ2n) is 9.71. The molecule has 0 amide bonds. The number of halogens is 2. The van der Waals surface area contributed by atoms with Crippen LogP contribution in [0, 0.1) is 18.6 Å². The van der Waals surface area contributed by atoms with Gasteiger partial charge in [0.25, 0.3) is 0 Å². The van der Waals surface area contributed by atoms with Crippen LogP contribution in [0.4, 0.5) is 8.78 Å². The molecule has 202 valence electrons. The monoisotopic (exact) mass is 525 g/mol. The number of fused-ring (bicyclic) bond motifs is 1. The Morgan fingerprint density at radius 2 is 1.95 bits per heavy atom. The van der Waals surface area contributed by atoms with Crippen molar-refractivity contribution in [2.45, 2.75) is 44.8 Å². The minimum Gasteiger partial charge on any atom is -0.489 e. The maximum atomic E-state index is 15.2. The predicted octanol–water partition coefficient (Wildman–Crippen LogP) is 4.70. The van der Waals surface area contributed by atoms with Crippen LogP contribution in [0.5, 0.6) is 11.6 Å². The van der Waals surface area contributed by atoms with E-state index in [9.17, 15) is 4.39 Å². The molecule has 3 aromatic heterocycles. The third kappa shape index (κ3) is 4.31. The summed E-state index contributed by atoms with van der Waals surface area (Å²) in [6, 6.07) is 6.26. The lowest BCUT2D eigenvalue weighted by molar-refractivity contribution is -0.0820. The summed E-state index contributed by atoms with van der Waals surface area (Å²) in [7, 11) is 7.01. The molecule has 1 N–H and O–H groups in total. The van der Waals surface area contributed by atoms with Gasteiger partial charge in [-0.05, 0) is 57.0 Å². The first-order chi connectivity index (χ1) is 18.3. The number of benzene rings is 1. The Kier molecular flexibility index (Phi) is 7.11. The number of methoxy groups -OCH3 is 2. The van der Waals surface area contributed by atoms with E-state index in [0.717, 1.165) is 53.4 Å². The molecule has 1 aromatic carbocycles. The van der Waals surface area contributed by atoms with Crippen molar-refractivity contribution in [2.24, 2.45) is 7.05 Å². The molecule has 1 fully saturated rings. The Morgan fingerprint density at radius 3 is 2.61 bits per heavy atom. The molecule has 1 aliphatic carbocycles. The predicted molar refractivity (Wildman–Crippen MR) is 140 cm³/mol. The standard InChI is InChI=1S/C28H33F2N5O3/c1-17-20(27(33-34(17)3)28(37-5)10-6-11-28)9-12-38-26-21(7-8-22(29)25(26)30)18-13-23-19(15-31-2)16-32-35(23)24(14-18)36-4/h7-8,13-14,16,31H,6,9-12,15H2,1-5H3. The van der Waals surface area contributed by atoms with Gasteiger partial charge in [-0.1, -0.05) is 0 Å². The summed E-state index contributed by atoms with van der Waals surface area (Å²) in [6.45, 7) is 2.73. The molecule has 0 spiro atoms. The number of rotatable bonds is 10. The van der Waals surface area contributed by atoms with Crippen molar-refractivity contribution in [1.82, 2.24) is 24.7 Å². The fourth-order valence-electron chi connectivity index (χ4n) is 5.24. The molecule has 3 heterocycles. The molecule has 0 saturated heterocycles. The number of aryl methyl sites for hydroxylation is 1. The number of nitrogens with zero attached hydrogens (tertiary/aromatic N) is 4. The van der Waals surface area contributed by atoms with Crippen molar-refractivity contribution in [2.75, 3.05) is 27.9 Å². The van der Waals surface area contributed by atoms with Gasteiger partial charge in [-0.2, -0.15) is 14.6 Å². The maximum Gasteiger partial charge on any atom is 0.215 e. The normalized spacial score (nSPS) is 14.6. The molecule has 8 nitrogen and oxygen atoms in total. The average Bonchev–Trinajstić information content (AvgIpc) is 3.42. The first kappa shape index (κ1) is 26.1. The van der Waals surface area contributed by atoms with Gasteiger partial charge < -0.3 is 19.5 Å². The lowest BCUT2D eigenvalue weighted by atomic mass is 9.76. The Balaban J connectivity index is 1.49. The van der Waals surface area contributed by atoms with Gasteiger partial charge in [0.1, 0.15) is 5.60 Å². The van der Waals surface area contributed by atoms with Gasteiger partial charge in [0.15, 0.2) is 11.6 Å². The van der Waals surface area contributed by atoms with E-state index in [1.807, 2.05) is 31.8 Å². The van der Waals surface area contributed by atoms with E-state index in [1.165, 1.54) is 6.07 Å². The first-order valence-electron chi connectivity index (χ1n) is 12.7. The van der Waals surface area contributed by atoms with Gasteiger partial charge in [0, 0.05) is 55.6 Å². The van der Waals surface area contributed by atoms with E-state index in [1.54, 1.807) is 31.0 Å². The molecule has 0 bridgehead atoms. The van der Waals surface area contributed by atoms with Crippen LogP contribution in [-0.2, 0) is 30.4 Å². The van der Waals surface area contributed by atoms with Crippen LogP contribution in [0.2, 0.25) is 0 Å². The Hall–Kier alpha value is -3.50. The summed E-state index contributed by atoms with van der Waals surface area (Å²) in [6.07, 6.45) is 5.13. The third-order valence-corrected chi connectivity index (χ3v) is 7.64. The van der Waals surface area contributed by atoms with Crippen molar-refractivity contribution in [3.8, 4) is 22.8 Å². The summed E-state index contributed by atoms with van der Waals surface area (Å²) in [5.74, 6) is -1.67. The highest BCUT2D eigenvalue weighted by Gasteiger charge is 2.43. The zero-order valence-corrected chi connectivity index (χ0v) is 22.4. The van der Waals surface area contributed by atoms with Crippen LogP contribution in [0.15, 0.2) is 30.5 Å². The molecule has 0 unspecified atom stereocenters. The van der Waals surface area contributed by atoms with Gasteiger partial charge in [0.2, 0.25) is 11.7 Å². The van der Waals surface area contributed by atoms with E-state index in [0.29, 0.717) is 30.0 Å². The molecular weight excluding hydrogens is 492 g/mol. The number of nitrogens with one attached hydrogen (secondary N) is 1. The van der Waals surface area contributed by atoms with Gasteiger partial charge in [-0.3, -0.25) is 4.68 Å². The van der Waals surface area contributed by atoms with Crippen molar-refractivity contribution in [3.05, 3.63) is 64.6 Å². The highest BCUT2D eigenvalue weighted by Crippen LogP contribution is 2.45. The lowest BCUT2D eigenvalue weighted by Gasteiger charge is -2.39. The fraction of sp³-hybridized carbons (Fsp3) is 0.429. The van der Waals surface area contributed by atoms with Gasteiger partial charge in [-0.15, -0.1) is 0 Å².